The summed E-state index contributed by atoms with van der Waals surface area (Å²) in [5.41, 5.74) is 0. The molecule has 0 atom stereocenters. The molecule has 0 amide bonds. The van der Waals surface area contributed by atoms with E-state index in [2.05, 4.69) is 0 Å². The normalized spacial score (nSPS) is 10.3. The van der Waals surface area contributed by atoms with Gasteiger partial charge in [0.1, 0.15) is 0 Å². The fourth-order valence-electron chi connectivity index (χ4n) is 0. The second-order valence-corrected chi connectivity index (χ2v) is 0.816. The van der Waals surface area contributed by atoms with Gasteiger partial charge in [-0.2, -0.15) is 0 Å². The molecule has 0 spiro atoms. The van der Waals surface area contributed by atoms with Crippen LogP contribution in [0.2, 0.25) is 0 Å². The van der Waals surface area contributed by atoms with E-state index in [0.29, 0.717) is 0 Å². The van der Waals surface area contributed by atoms with Crippen molar-refractivity contribution in [3.8, 4) is 0 Å². The molecule has 5 heteroatoms. The fourth-order valence-corrected chi connectivity index (χ4v) is 0. The minimum absolute atomic E-state index is 0. The van der Waals surface area contributed by atoms with Gasteiger partial charge in [-0.1, -0.05) is 0 Å². The molecule has 4 nitrogen and oxygen atoms in total. The number of aliphatic hydroxyl groups is 4. The summed E-state index contributed by atoms with van der Waals surface area (Å²) in [6.07, 6.45) is 0. The van der Waals surface area contributed by atoms with Crippen molar-refractivity contribution in [2.75, 3.05) is 0 Å². The summed E-state index contributed by atoms with van der Waals surface area (Å²) in [5, 5.41) is 30.4. The van der Waals surface area contributed by atoms with Crippen LogP contribution in [0.4, 0.5) is 0 Å². The van der Waals surface area contributed by atoms with Crippen LogP contribution in [-0.4, -0.2) is 44.0 Å². The molecular weight excluding hydrogens is 161 g/mol. The van der Waals surface area contributed by atoms with Gasteiger partial charge < -0.3 is 20.4 Å². The Morgan fingerprint density at radius 2 is 1.29 bits per heavy atom. The zero-order valence-electron chi connectivity index (χ0n) is 2.87. The van der Waals surface area contributed by atoms with Crippen LogP contribution in [0.5, 0.6) is 0 Å². The van der Waals surface area contributed by atoms with Gasteiger partial charge in [0.15, 0.2) is 6.61 Å². The van der Waals surface area contributed by atoms with Gasteiger partial charge in [0.05, 0.1) is 0 Å². The van der Waals surface area contributed by atoms with Crippen LogP contribution in [0, 0.1) is 6.61 Å². The van der Waals surface area contributed by atoms with E-state index in [4.69, 9.17) is 20.4 Å². The second kappa shape index (κ2) is 3.39. The van der Waals surface area contributed by atoms with Crippen molar-refractivity contribution in [3.05, 3.63) is 6.61 Å². The van der Waals surface area contributed by atoms with Gasteiger partial charge in [-0.05, 0) is 0 Å². The molecule has 0 saturated heterocycles. The average molecular weight is 170 g/mol. The summed E-state index contributed by atoms with van der Waals surface area (Å²) >= 11 is 0. The van der Waals surface area contributed by atoms with E-state index in [1.54, 1.807) is 0 Å². The molecule has 0 unspecified atom stereocenters. The Labute approximate surface area is 51.4 Å². The molecule has 4 N–H and O–H groups in total. The molecule has 0 aromatic heterocycles. The molecule has 0 fully saturated rings. The number of aliphatic hydroxyl groups excluding tert-OH is 1. The summed E-state index contributed by atoms with van der Waals surface area (Å²) < 4.78 is 0. The fraction of sp³-hybridized carbons (Fsp3) is 0.500. The van der Waals surface area contributed by atoms with Gasteiger partial charge in [0.25, 0.3) is 0 Å². The van der Waals surface area contributed by atoms with E-state index >= 15 is 0 Å². The van der Waals surface area contributed by atoms with Gasteiger partial charge in [0.2, 0.25) is 0 Å². The Balaban J connectivity index is 0. The molecular formula is C2H9GeO4. The van der Waals surface area contributed by atoms with E-state index in [1.807, 2.05) is 0 Å². The maximum atomic E-state index is 7.63. The van der Waals surface area contributed by atoms with Crippen LogP contribution >= 0.6 is 0 Å². The summed E-state index contributed by atoms with van der Waals surface area (Å²) in [4.78, 5) is 0. The molecule has 7 heavy (non-hydrogen) atoms. The Morgan fingerprint density at radius 3 is 1.29 bits per heavy atom. The number of rotatable bonds is 1. The van der Waals surface area contributed by atoms with E-state index in [1.165, 1.54) is 0 Å². The van der Waals surface area contributed by atoms with Crippen molar-refractivity contribution < 1.29 is 20.4 Å². The number of hydrogen-bond acceptors (Lipinski definition) is 4. The van der Waals surface area contributed by atoms with Crippen molar-refractivity contribution in [1.82, 2.24) is 0 Å². The Kier molecular flexibility index (Phi) is 5.03. The van der Waals surface area contributed by atoms with Crippen molar-refractivity contribution in [2.45, 2.75) is 5.97 Å². The third-order valence-corrected chi connectivity index (χ3v) is 0.173. The third kappa shape index (κ3) is 10.7. The van der Waals surface area contributed by atoms with Gasteiger partial charge in [-0.25, -0.2) is 0 Å². The van der Waals surface area contributed by atoms with Crippen molar-refractivity contribution >= 4 is 17.6 Å². The minimum atomic E-state index is -3.03. The van der Waals surface area contributed by atoms with Crippen molar-refractivity contribution in [1.29, 1.82) is 0 Å². The summed E-state index contributed by atoms with van der Waals surface area (Å²) in [6, 6.07) is 0. The van der Waals surface area contributed by atoms with Crippen molar-refractivity contribution in [3.63, 3.8) is 0 Å². The van der Waals surface area contributed by atoms with Gasteiger partial charge in [-0.3, -0.25) is 0 Å². The molecule has 0 aromatic rings. The maximum absolute atomic E-state index is 7.63. The van der Waals surface area contributed by atoms with E-state index in [0.717, 1.165) is 0 Å². The molecule has 0 bridgehead atoms. The van der Waals surface area contributed by atoms with Crippen LogP contribution < -0.4 is 0 Å². The Hall–Kier alpha value is 0.383. The first-order valence-corrected chi connectivity index (χ1v) is 1.22. The standard InChI is InChI=1S/C2H5O4.GeH4/c3-1-2(4,5)6;/h1,3-6H;1H4. The molecule has 45 valence electrons. The first kappa shape index (κ1) is 10.4. The first-order chi connectivity index (χ1) is 2.56. The number of hydrogen-bond donors (Lipinski definition) is 4. The Bertz CT molecular complexity index is 39.4. The summed E-state index contributed by atoms with van der Waals surface area (Å²) in [5.74, 6) is -3.03. The van der Waals surface area contributed by atoms with E-state index in [9.17, 15) is 0 Å². The van der Waals surface area contributed by atoms with Crippen molar-refractivity contribution in [2.24, 2.45) is 0 Å². The second-order valence-electron chi connectivity index (χ2n) is 0.816. The average Bonchev–Trinajstić information content (AvgIpc) is 1.35. The molecule has 0 aromatic carbocycles. The van der Waals surface area contributed by atoms with Gasteiger partial charge in [0, 0.05) is 0 Å². The molecule has 0 aliphatic carbocycles. The molecule has 0 saturated carbocycles. The molecule has 0 rings (SSSR count). The van der Waals surface area contributed by atoms with E-state index < -0.39 is 5.97 Å². The van der Waals surface area contributed by atoms with Crippen LogP contribution in [0.3, 0.4) is 0 Å². The SMILES string of the molecule is O[CH]C(O)(O)O.[GeH4]. The van der Waals surface area contributed by atoms with Crippen LogP contribution in [0.1, 0.15) is 0 Å². The van der Waals surface area contributed by atoms with Gasteiger partial charge in [-0.15, -0.1) is 0 Å². The van der Waals surface area contributed by atoms with Crippen LogP contribution in [0.25, 0.3) is 0 Å². The van der Waals surface area contributed by atoms with Crippen LogP contribution in [0.15, 0.2) is 0 Å². The monoisotopic (exact) mass is 171 g/mol. The molecule has 0 heterocycles. The molecule has 0 aliphatic heterocycles. The molecule has 0 aliphatic rings. The van der Waals surface area contributed by atoms with Gasteiger partial charge >= 0.3 is 23.6 Å². The summed E-state index contributed by atoms with van der Waals surface area (Å²) in [7, 11) is 0. The summed E-state index contributed by atoms with van der Waals surface area (Å²) in [6.45, 7) is -0.146. The van der Waals surface area contributed by atoms with Crippen LogP contribution in [-0.2, 0) is 0 Å². The topological polar surface area (TPSA) is 80.9 Å². The first-order valence-electron chi connectivity index (χ1n) is 1.22. The predicted molar refractivity (Wildman–Crippen MR) is 27.0 cm³/mol. The zero-order valence-corrected chi connectivity index (χ0v) is 2.87. The zero-order chi connectivity index (χ0) is 5.21. The predicted octanol–water partition coefficient (Wildman–Crippen LogP) is -3.30. The molecule has 1 radical (unpaired) electrons. The van der Waals surface area contributed by atoms with E-state index in [-0.39, 0.29) is 24.2 Å². The quantitative estimate of drug-likeness (QED) is 0.245. The third-order valence-electron chi connectivity index (χ3n) is 0.173. The Morgan fingerprint density at radius 1 is 1.14 bits per heavy atom.